The van der Waals surface area contributed by atoms with Crippen molar-refractivity contribution in [3.8, 4) is 0 Å². The van der Waals surface area contributed by atoms with Crippen molar-refractivity contribution in [1.29, 1.82) is 0 Å². The molecule has 0 spiro atoms. The third kappa shape index (κ3) is 3.69. The summed E-state index contributed by atoms with van der Waals surface area (Å²) in [7, 11) is 2.91. The lowest BCUT2D eigenvalue weighted by atomic mass is 9.72. The van der Waals surface area contributed by atoms with Crippen LogP contribution in [-0.4, -0.2) is 19.9 Å². The van der Waals surface area contributed by atoms with Crippen LogP contribution in [0, 0.1) is 11.3 Å². The predicted molar refractivity (Wildman–Crippen MR) is 66.1 cm³/mol. The summed E-state index contributed by atoms with van der Waals surface area (Å²) in [5.74, 6) is 0.874. The standard InChI is InChI=1S/C12H25O2P/c1-12(2,3)10-6-8-11(9-7-10)15(13-4)14-5/h10-11H,6-9H2,1-5H3. The van der Waals surface area contributed by atoms with Gasteiger partial charge in [-0.2, -0.15) is 0 Å². The second-order valence-corrected chi connectivity index (χ2v) is 7.55. The van der Waals surface area contributed by atoms with E-state index < -0.39 is 8.38 Å². The third-order valence-corrected chi connectivity index (χ3v) is 5.41. The number of hydrogen-bond acceptors (Lipinski definition) is 2. The lowest BCUT2D eigenvalue weighted by molar-refractivity contribution is 0.175. The van der Waals surface area contributed by atoms with Crippen molar-refractivity contribution < 1.29 is 9.05 Å². The van der Waals surface area contributed by atoms with E-state index in [-0.39, 0.29) is 0 Å². The van der Waals surface area contributed by atoms with E-state index in [4.69, 9.17) is 9.05 Å². The molecule has 90 valence electrons. The van der Waals surface area contributed by atoms with E-state index in [1.807, 2.05) is 0 Å². The van der Waals surface area contributed by atoms with Crippen molar-refractivity contribution in [2.45, 2.75) is 52.1 Å². The van der Waals surface area contributed by atoms with Crippen LogP contribution in [0.25, 0.3) is 0 Å². The van der Waals surface area contributed by atoms with Gasteiger partial charge in [0.25, 0.3) is 0 Å². The first-order chi connectivity index (χ1) is 6.99. The van der Waals surface area contributed by atoms with Crippen LogP contribution >= 0.6 is 8.38 Å². The van der Waals surface area contributed by atoms with E-state index in [9.17, 15) is 0 Å². The van der Waals surface area contributed by atoms with Gasteiger partial charge in [0.05, 0.1) is 0 Å². The van der Waals surface area contributed by atoms with Crippen LogP contribution in [0.15, 0.2) is 0 Å². The molecule has 1 fully saturated rings. The quantitative estimate of drug-likeness (QED) is 0.679. The Bertz CT molecular complexity index is 177. The van der Waals surface area contributed by atoms with E-state index in [2.05, 4.69) is 20.8 Å². The zero-order chi connectivity index (χ0) is 11.5. The Hall–Kier alpha value is 0.350. The summed E-state index contributed by atoms with van der Waals surface area (Å²) >= 11 is 0. The minimum Gasteiger partial charge on any atom is -0.337 e. The summed E-state index contributed by atoms with van der Waals surface area (Å²) in [5.41, 5.74) is 1.13. The van der Waals surface area contributed by atoms with Crippen molar-refractivity contribution in [2.24, 2.45) is 11.3 Å². The maximum atomic E-state index is 5.40. The van der Waals surface area contributed by atoms with E-state index in [1.165, 1.54) is 25.7 Å². The van der Waals surface area contributed by atoms with Gasteiger partial charge in [0.15, 0.2) is 8.38 Å². The summed E-state index contributed by atoms with van der Waals surface area (Å²) < 4.78 is 10.8. The van der Waals surface area contributed by atoms with Crippen molar-refractivity contribution in [2.75, 3.05) is 14.2 Å². The normalized spacial score (nSPS) is 28.4. The van der Waals surface area contributed by atoms with Crippen molar-refractivity contribution in [3.05, 3.63) is 0 Å². The van der Waals surface area contributed by atoms with Crippen LogP contribution in [0.4, 0.5) is 0 Å². The highest BCUT2D eigenvalue weighted by Gasteiger charge is 2.33. The Labute approximate surface area is 95.6 Å². The molecular formula is C12H25O2P. The second-order valence-electron chi connectivity index (χ2n) is 5.52. The topological polar surface area (TPSA) is 18.5 Å². The number of rotatable bonds is 3. The van der Waals surface area contributed by atoms with Crippen molar-refractivity contribution >= 4 is 8.38 Å². The zero-order valence-corrected chi connectivity index (χ0v) is 11.6. The lowest BCUT2D eigenvalue weighted by Gasteiger charge is -2.38. The molecule has 0 amide bonds. The molecule has 2 nitrogen and oxygen atoms in total. The Kier molecular flexibility index (Phi) is 5.02. The van der Waals surface area contributed by atoms with Gasteiger partial charge in [0.1, 0.15) is 0 Å². The summed E-state index contributed by atoms with van der Waals surface area (Å²) in [5, 5.41) is 0. The fourth-order valence-electron chi connectivity index (χ4n) is 2.53. The van der Waals surface area contributed by atoms with E-state index in [0.717, 1.165) is 5.92 Å². The van der Waals surface area contributed by atoms with Crippen LogP contribution in [0.5, 0.6) is 0 Å². The molecule has 0 heterocycles. The predicted octanol–water partition coefficient (Wildman–Crippen LogP) is 4.20. The summed E-state index contributed by atoms with van der Waals surface area (Å²) in [4.78, 5) is 0. The first-order valence-corrected chi connectivity index (χ1v) is 7.11. The molecule has 0 radical (unpaired) electrons. The molecule has 0 aromatic heterocycles. The van der Waals surface area contributed by atoms with Crippen molar-refractivity contribution in [3.63, 3.8) is 0 Å². The van der Waals surface area contributed by atoms with Crippen LogP contribution in [0.2, 0.25) is 0 Å². The molecule has 0 N–H and O–H groups in total. The molecule has 0 saturated heterocycles. The van der Waals surface area contributed by atoms with Gasteiger partial charge in [-0.3, -0.25) is 0 Å². The molecule has 0 bridgehead atoms. The minimum atomic E-state index is -0.629. The average molecular weight is 232 g/mol. The highest BCUT2D eigenvalue weighted by Crippen LogP contribution is 2.51. The molecule has 1 aliphatic rings. The molecule has 0 aromatic carbocycles. The van der Waals surface area contributed by atoms with Gasteiger partial charge in [-0.05, 0) is 37.0 Å². The fourth-order valence-corrected chi connectivity index (χ4v) is 3.99. The number of hydrogen-bond donors (Lipinski definition) is 0. The molecule has 3 heteroatoms. The Morgan fingerprint density at radius 1 is 0.933 bits per heavy atom. The maximum Gasteiger partial charge on any atom is 0.173 e. The monoisotopic (exact) mass is 232 g/mol. The van der Waals surface area contributed by atoms with Gasteiger partial charge < -0.3 is 9.05 Å². The first-order valence-electron chi connectivity index (χ1n) is 5.86. The molecule has 1 aliphatic carbocycles. The van der Waals surface area contributed by atoms with E-state index >= 15 is 0 Å². The Morgan fingerprint density at radius 2 is 1.40 bits per heavy atom. The summed E-state index contributed by atoms with van der Waals surface area (Å²) in [6.45, 7) is 7.06. The van der Waals surface area contributed by atoms with Crippen LogP contribution in [0.1, 0.15) is 46.5 Å². The van der Waals surface area contributed by atoms with Gasteiger partial charge >= 0.3 is 0 Å². The van der Waals surface area contributed by atoms with Crippen LogP contribution in [0.3, 0.4) is 0 Å². The molecule has 1 rings (SSSR count). The zero-order valence-electron chi connectivity index (χ0n) is 10.7. The first kappa shape index (κ1) is 13.4. The smallest absolute Gasteiger partial charge is 0.173 e. The summed E-state index contributed by atoms with van der Waals surface area (Å²) in [6, 6.07) is 0. The largest absolute Gasteiger partial charge is 0.337 e. The molecule has 0 atom stereocenters. The van der Waals surface area contributed by atoms with Crippen LogP contribution < -0.4 is 0 Å². The Balaban J connectivity index is 2.42. The maximum absolute atomic E-state index is 5.40. The Morgan fingerprint density at radius 3 is 1.73 bits per heavy atom. The highest BCUT2D eigenvalue weighted by molar-refractivity contribution is 7.48. The molecule has 0 unspecified atom stereocenters. The molecule has 0 aromatic rings. The van der Waals surface area contributed by atoms with E-state index in [1.54, 1.807) is 14.2 Å². The molecule has 0 aliphatic heterocycles. The highest BCUT2D eigenvalue weighted by atomic mass is 31.2. The van der Waals surface area contributed by atoms with Crippen molar-refractivity contribution in [1.82, 2.24) is 0 Å². The van der Waals surface area contributed by atoms with Gasteiger partial charge in [0, 0.05) is 19.9 Å². The van der Waals surface area contributed by atoms with E-state index in [0.29, 0.717) is 11.1 Å². The second kappa shape index (κ2) is 5.61. The van der Waals surface area contributed by atoms with Gasteiger partial charge in [0.2, 0.25) is 0 Å². The van der Waals surface area contributed by atoms with Gasteiger partial charge in [-0.25, -0.2) is 0 Å². The minimum absolute atomic E-state index is 0.466. The average Bonchev–Trinajstić information content (AvgIpc) is 2.19. The van der Waals surface area contributed by atoms with Gasteiger partial charge in [-0.15, -0.1) is 0 Å². The molecular weight excluding hydrogens is 207 g/mol. The summed E-state index contributed by atoms with van der Waals surface area (Å²) in [6.07, 6.45) is 5.21. The third-order valence-electron chi connectivity index (χ3n) is 3.58. The van der Waals surface area contributed by atoms with Gasteiger partial charge in [-0.1, -0.05) is 20.8 Å². The fraction of sp³-hybridized carbons (Fsp3) is 1.00. The van der Waals surface area contributed by atoms with Crippen LogP contribution in [-0.2, 0) is 9.05 Å². The SMILES string of the molecule is COP(OC)C1CCC(C(C)(C)C)CC1. The molecule has 1 saturated carbocycles. The molecule has 15 heavy (non-hydrogen) atoms. The lowest BCUT2D eigenvalue weighted by Crippen LogP contribution is -2.27.